The van der Waals surface area contributed by atoms with Crippen molar-refractivity contribution in [1.29, 1.82) is 0 Å². The number of nitrogens with two attached hydrogens (primary N) is 1. The van der Waals surface area contributed by atoms with Crippen LogP contribution in [0.2, 0.25) is 0 Å². The van der Waals surface area contributed by atoms with Crippen LogP contribution in [0, 0.1) is 0 Å². The van der Waals surface area contributed by atoms with E-state index in [9.17, 15) is 4.79 Å². The molecule has 1 aromatic carbocycles. The van der Waals surface area contributed by atoms with Crippen LogP contribution in [0.1, 0.15) is 29.8 Å². The van der Waals surface area contributed by atoms with Crippen LogP contribution >= 0.6 is 0 Å². The maximum absolute atomic E-state index is 11.2. The third-order valence-corrected chi connectivity index (χ3v) is 3.92. The zero-order valence-corrected chi connectivity index (χ0v) is 14.4. The lowest BCUT2D eigenvalue weighted by molar-refractivity contribution is 0.1000. The van der Waals surface area contributed by atoms with Crippen molar-refractivity contribution in [3.63, 3.8) is 0 Å². The van der Waals surface area contributed by atoms with Gasteiger partial charge in [0, 0.05) is 23.7 Å². The smallest absolute Gasteiger partial charge is 0.248 e. The van der Waals surface area contributed by atoms with Gasteiger partial charge >= 0.3 is 0 Å². The molecule has 0 spiro atoms. The molecule has 2 aromatic rings. The molecule has 0 bridgehead atoms. The first-order valence-corrected chi connectivity index (χ1v) is 7.59. The number of rotatable bonds is 7. The second-order valence-corrected chi connectivity index (χ2v) is 6.10. The van der Waals surface area contributed by atoms with Gasteiger partial charge in [0.2, 0.25) is 5.91 Å². The SMILES string of the molecule is COc1ccc(C(C)(C)CNc2cc(C(N)=O)ccn2)cc1OC. The molecule has 0 fully saturated rings. The van der Waals surface area contributed by atoms with E-state index in [0.717, 1.165) is 5.56 Å². The molecule has 6 heteroatoms. The van der Waals surface area contributed by atoms with Gasteiger partial charge in [0.25, 0.3) is 0 Å². The molecule has 0 aliphatic rings. The fraction of sp³-hybridized carbons (Fsp3) is 0.333. The number of amides is 1. The van der Waals surface area contributed by atoms with E-state index in [2.05, 4.69) is 24.1 Å². The summed E-state index contributed by atoms with van der Waals surface area (Å²) in [6.07, 6.45) is 1.56. The second-order valence-electron chi connectivity index (χ2n) is 6.10. The lowest BCUT2D eigenvalue weighted by atomic mass is 9.84. The van der Waals surface area contributed by atoms with Crippen molar-refractivity contribution < 1.29 is 14.3 Å². The number of hydrogen-bond acceptors (Lipinski definition) is 5. The summed E-state index contributed by atoms with van der Waals surface area (Å²) in [5.41, 5.74) is 6.63. The van der Waals surface area contributed by atoms with Gasteiger partial charge in [-0.2, -0.15) is 0 Å². The molecule has 24 heavy (non-hydrogen) atoms. The summed E-state index contributed by atoms with van der Waals surface area (Å²) in [6, 6.07) is 9.10. The zero-order chi connectivity index (χ0) is 17.7. The van der Waals surface area contributed by atoms with E-state index >= 15 is 0 Å². The molecule has 6 nitrogen and oxygen atoms in total. The van der Waals surface area contributed by atoms with Crippen molar-refractivity contribution in [2.45, 2.75) is 19.3 Å². The third kappa shape index (κ3) is 3.95. The first-order chi connectivity index (χ1) is 11.4. The summed E-state index contributed by atoms with van der Waals surface area (Å²) in [5.74, 6) is 1.53. The number of nitrogens with one attached hydrogen (secondary N) is 1. The topological polar surface area (TPSA) is 86.5 Å². The molecule has 0 radical (unpaired) electrons. The lowest BCUT2D eigenvalue weighted by Gasteiger charge is -2.27. The van der Waals surface area contributed by atoms with Crippen molar-refractivity contribution in [2.75, 3.05) is 26.1 Å². The standard InChI is InChI=1S/C18H23N3O3/c1-18(2,13-5-6-14(23-3)15(10-13)24-4)11-21-16-9-12(17(19)22)7-8-20-16/h5-10H,11H2,1-4H3,(H2,19,22)(H,20,21). The lowest BCUT2D eigenvalue weighted by Crippen LogP contribution is -2.28. The summed E-state index contributed by atoms with van der Waals surface area (Å²) in [4.78, 5) is 15.5. The zero-order valence-electron chi connectivity index (χ0n) is 14.4. The van der Waals surface area contributed by atoms with E-state index in [-0.39, 0.29) is 5.41 Å². The Morgan fingerprint density at radius 1 is 1.17 bits per heavy atom. The van der Waals surface area contributed by atoms with Crippen LogP contribution < -0.4 is 20.5 Å². The fourth-order valence-corrected chi connectivity index (χ4v) is 2.35. The number of carbonyl (C=O) groups is 1. The third-order valence-electron chi connectivity index (χ3n) is 3.92. The molecule has 1 aromatic heterocycles. The number of carbonyl (C=O) groups excluding carboxylic acids is 1. The van der Waals surface area contributed by atoms with Gasteiger partial charge < -0.3 is 20.5 Å². The fourth-order valence-electron chi connectivity index (χ4n) is 2.35. The predicted molar refractivity (Wildman–Crippen MR) is 93.8 cm³/mol. The number of benzene rings is 1. The average molecular weight is 329 g/mol. The highest BCUT2D eigenvalue weighted by atomic mass is 16.5. The van der Waals surface area contributed by atoms with Crippen molar-refractivity contribution in [1.82, 2.24) is 4.98 Å². The number of anilines is 1. The minimum Gasteiger partial charge on any atom is -0.493 e. The van der Waals surface area contributed by atoms with E-state index in [1.807, 2.05) is 18.2 Å². The monoisotopic (exact) mass is 329 g/mol. The van der Waals surface area contributed by atoms with Gasteiger partial charge in [0.1, 0.15) is 5.82 Å². The number of aromatic nitrogens is 1. The largest absolute Gasteiger partial charge is 0.493 e. The quantitative estimate of drug-likeness (QED) is 0.815. The van der Waals surface area contributed by atoms with Gasteiger partial charge in [0.15, 0.2) is 11.5 Å². The number of nitrogens with zero attached hydrogens (tertiary/aromatic N) is 1. The van der Waals surface area contributed by atoms with Gasteiger partial charge in [0.05, 0.1) is 14.2 Å². The molecule has 0 saturated heterocycles. The molecule has 0 saturated carbocycles. The van der Waals surface area contributed by atoms with Gasteiger partial charge in [-0.15, -0.1) is 0 Å². The van der Waals surface area contributed by atoms with E-state index in [1.54, 1.807) is 32.5 Å². The van der Waals surface area contributed by atoms with Gasteiger partial charge in [-0.1, -0.05) is 19.9 Å². The molecule has 2 rings (SSSR count). The Balaban J connectivity index is 2.16. The number of ether oxygens (including phenoxy) is 2. The van der Waals surface area contributed by atoms with E-state index < -0.39 is 5.91 Å². The number of pyridine rings is 1. The molecule has 1 heterocycles. The van der Waals surface area contributed by atoms with E-state index in [4.69, 9.17) is 15.2 Å². The van der Waals surface area contributed by atoms with Crippen LogP contribution in [-0.2, 0) is 5.41 Å². The second kappa shape index (κ2) is 7.21. The Bertz CT molecular complexity index is 729. The van der Waals surface area contributed by atoms with E-state index in [1.165, 1.54) is 0 Å². The summed E-state index contributed by atoms with van der Waals surface area (Å²) < 4.78 is 10.6. The first kappa shape index (κ1) is 17.6. The Morgan fingerprint density at radius 3 is 2.50 bits per heavy atom. The molecular formula is C18H23N3O3. The number of hydrogen-bond donors (Lipinski definition) is 2. The summed E-state index contributed by atoms with van der Waals surface area (Å²) >= 11 is 0. The Morgan fingerprint density at radius 2 is 1.88 bits per heavy atom. The Labute approximate surface area is 142 Å². The van der Waals surface area contributed by atoms with Crippen LogP contribution in [-0.4, -0.2) is 31.7 Å². The summed E-state index contributed by atoms with van der Waals surface area (Å²) in [7, 11) is 3.23. The minimum atomic E-state index is -0.473. The molecule has 1 amide bonds. The molecule has 0 aliphatic carbocycles. The normalized spacial score (nSPS) is 11.0. The van der Waals surface area contributed by atoms with Crippen LogP contribution in [0.25, 0.3) is 0 Å². The number of methoxy groups -OCH3 is 2. The highest BCUT2D eigenvalue weighted by molar-refractivity contribution is 5.93. The molecule has 0 aliphatic heterocycles. The first-order valence-electron chi connectivity index (χ1n) is 7.59. The number of primary amides is 1. The molecule has 128 valence electrons. The Hall–Kier alpha value is -2.76. The van der Waals surface area contributed by atoms with Gasteiger partial charge in [-0.3, -0.25) is 4.79 Å². The van der Waals surface area contributed by atoms with Crippen LogP contribution in [0.3, 0.4) is 0 Å². The van der Waals surface area contributed by atoms with Crippen LogP contribution in [0.5, 0.6) is 11.5 Å². The Kier molecular flexibility index (Phi) is 5.28. The maximum Gasteiger partial charge on any atom is 0.248 e. The summed E-state index contributed by atoms with van der Waals surface area (Å²) in [5, 5.41) is 3.25. The molecule has 0 atom stereocenters. The average Bonchev–Trinajstić information content (AvgIpc) is 2.59. The van der Waals surface area contributed by atoms with Gasteiger partial charge in [-0.25, -0.2) is 4.98 Å². The predicted octanol–water partition coefficient (Wildman–Crippen LogP) is 2.59. The summed E-state index contributed by atoms with van der Waals surface area (Å²) in [6.45, 7) is 4.84. The van der Waals surface area contributed by atoms with Crippen molar-refractivity contribution >= 4 is 11.7 Å². The minimum absolute atomic E-state index is 0.191. The van der Waals surface area contributed by atoms with Crippen molar-refractivity contribution in [3.8, 4) is 11.5 Å². The molecule has 0 unspecified atom stereocenters. The van der Waals surface area contributed by atoms with Crippen LogP contribution in [0.15, 0.2) is 36.5 Å². The van der Waals surface area contributed by atoms with Gasteiger partial charge in [-0.05, 0) is 29.8 Å². The van der Waals surface area contributed by atoms with E-state index in [0.29, 0.717) is 29.4 Å². The van der Waals surface area contributed by atoms with Crippen LogP contribution in [0.4, 0.5) is 5.82 Å². The van der Waals surface area contributed by atoms with Crippen molar-refractivity contribution in [3.05, 3.63) is 47.7 Å². The highest BCUT2D eigenvalue weighted by Crippen LogP contribution is 2.33. The van der Waals surface area contributed by atoms with Crippen molar-refractivity contribution in [2.24, 2.45) is 5.73 Å². The highest BCUT2D eigenvalue weighted by Gasteiger charge is 2.22. The molecular weight excluding hydrogens is 306 g/mol. The maximum atomic E-state index is 11.2. The molecule has 3 N–H and O–H groups in total.